The van der Waals surface area contributed by atoms with Gasteiger partial charge in [-0.2, -0.15) is 0 Å². The summed E-state index contributed by atoms with van der Waals surface area (Å²) in [6, 6.07) is 32.0. The third kappa shape index (κ3) is 5.53. The molecule has 0 aliphatic rings. The zero-order chi connectivity index (χ0) is 21.5. The predicted molar refractivity (Wildman–Crippen MR) is 126 cm³/mol. The lowest BCUT2D eigenvalue weighted by Gasteiger charge is -2.15. The van der Waals surface area contributed by atoms with Crippen molar-refractivity contribution >= 4 is 27.5 Å². The molecule has 1 N–H and O–H groups in total. The van der Waals surface area contributed by atoms with Crippen LogP contribution >= 0.6 is 15.9 Å². The van der Waals surface area contributed by atoms with E-state index in [2.05, 4.69) is 21.2 Å². The van der Waals surface area contributed by atoms with Gasteiger partial charge in [-0.25, -0.2) is 0 Å². The summed E-state index contributed by atoms with van der Waals surface area (Å²) < 4.78 is 12.7. The summed E-state index contributed by atoms with van der Waals surface area (Å²) in [6.45, 7) is 0.371. The molecule has 1 amide bonds. The summed E-state index contributed by atoms with van der Waals surface area (Å²) in [7, 11) is 0. The minimum Gasteiger partial charge on any atom is -0.488 e. The molecule has 0 atom stereocenters. The number of benzene rings is 4. The lowest BCUT2D eigenvalue weighted by Crippen LogP contribution is -2.14. The fourth-order valence-electron chi connectivity index (χ4n) is 3.00. The second kappa shape index (κ2) is 9.96. The highest BCUT2D eigenvalue weighted by atomic mass is 79.9. The van der Waals surface area contributed by atoms with Crippen LogP contribution in [-0.4, -0.2) is 5.91 Å². The molecule has 31 heavy (non-hydrogen) atoms. The summed E-state index contributed by atoms with van der Waals surface area (Å²) in [5, 5.41) is 2.95. The number of rotatable bonds is 7. The average molecular weight is 474 g/mol. The molecular weight excluding hydrogens is 454 g/mol. The summed E-state index contributed by atoms with van der Waals surface area (Å²) in [5.41, 5.74) is 2.03. The first kappa shape index (κ1) is 20.7. The van der Waals surface area contributed by atoms with Crippen molar-refractivity contribution in [3.63, 3.8) is 0 Å². The smallest absolute Gasteiger partial charge is 0.259 e. The molecule has 0 aliphatic carbocycles. The molecule has 0 heterocycles. The number of hydrogen-bond acceptors (Lipinski definition) is 3. The molecule has 4 nitrogen and oxygen atoms in total. The van der Waals surface area contributed by atoms with E-state index in [9.17, 15) is 4.79 Å². The zero-order valence-corrected chi connectivity index (χ0v) is 18.2. The van der Waals surface area contributed by atoms with Crippen molar-refractivity contribution in [2.24, 2.45) is 0 Å². The van der Waals surface area contributed by atoms with Crippen LogP contribution in [-0.2, 0) is 6.61 Å². The van der Waals surface area contributed by atoms with Gasteiger partial charge >= 0.3 is 0 Å². The Morgan fingerprint density at radius 2 is 1.45 bits per heavy atom. The molecule has 0 radical (unpaired) electrons. The van der Waals surface area contributed by atoms with Gasteiger partial charge in [0.25, 0.3) is 5.91 Å². The van der Waals surface area contributed by atoms with Crippen molar-refractivity contribution in [3.05, 3.63) is 119 Å². The molecule has 0 aliphatic heterocycles. The molecule has 0 fully saturated rings. The number of carbonyl (C=O) groups excluding carboxylic acids is 1. The van der Waals surface area contributed by atoms with Crippen LogP contribution in [0.5, 0.6) is 17.2 Å². The van der Waals surface area contributed by atoms with E-state index in [4.69, 9.17) is 9.47 Å². The number of amides is 1. The molecule has 4 aromatic carbocycles. The van der Waals surface area contributed by atoms with Gasteiger partial charge in [-0.3, -0.25) is 4.79 Å². The Labute approximate surface area is 189 Å². The SMILES string of the molecule is O=C(Nc1ccccc1Oc1ccccc1)c1cc(Br)ccc1OCc1ccccc1. The standard InChI is InChI=1S/C26H20BrNO3/c27-20-15-16-24(30-18-19-9-3-1-4-10-19)22(17-20)26(29)28-23-13-7-8-14-25(23)31-21-11-5-2-6-12-21/h1-17H,18H2,(H,28,29). The van der Waals surface area contributed by atoms with Crippen molar-refractivity contribution in [2.75, 3.05) is 5.32 Å². The van der Waals surface area contributed by atoms with E-state index in [1.54, 1.807) is 18.2 Å². The molecule has 0 saturated heterocycles. The number of halogens is 1. The van der Waals surface area contributed by atoms with Gasteiger partial charge in [0.15, 0.2) is 5.75 Å². The maximum atomic E-state index is 13.1. The van der Waals surface area contributed by atoms with Crippen LogP contribution in [0.2, 0.25) is 0 Å². The van der Waals surface area contributed by atoms with Crippen LogP contribution in [0.3, 0.4) is 0 Å². The third-order valence-corrected chi connectivity index (χ3v) is 5.02. The maximum absolute atomic E-state index is 13.1. The Balaban J connectivity index is 1.54. The topological polar surface area (TPSA) is 47.6 Å². The first-order valence-corrected chi connectivity index (χ1v) is 10.6. The summed E-state index contributed by atoms with van der Waals surface area (Å²) >= 11 is 3.44. The number of nitrogens with one attached hydrogen (secondary N) is 1. The van der Waals surface area contributed by atoms with E-state index in [0.29, 0.717) is 35.1 Å². The summed E-state index contributed by atoms with van der Waals surface area (Å²) in [4.78, 5) is 13.1. The van der Waals surface area contributed by atoms with E-state index >= 15 is 0 Å². The normalized spacial score (nSPS) is 10.4. The number of para-hydroxylation sites is 3. The average Bonchev–Trinajstić information content (AvgIpc) is 2.81. The van der Waals surface area contributed by atoms with Gasteiger partial charge in [0.2, 0.25) is 0 Å². The van der Waals surface area contributed by atoms with Crippen LogP contribution in [0, 0.1) is 0 Å². The first-order valence-electron chi connectivity index (χ1n) is 9.78. The molecule has 0 aromatic heterocycles. The number of hydrogen-bond donors (Lipinski definition) is 1. The second-order valence-electron chi connectivity index (χ2n) is 6.78. The third-order valence-electron chi connectivity index (χ3n) is 4.53. The Kier molecular flexibility index (Phi) is 6.65. The molecule has 0 bridgehead atoms. The summed E-state index contributed by atoms with van der Waals surface area (Å²) in [6.07, 6.45) is 0. The second-order valence-corrected chi connectivity index (χ2v) is 7.70. The molecular formula is C26H20BrNO3. The number of ether oxygens (including phenoxy) is 2. The van der Waals surface area contributed by atoms with Crippen LogP contribution in [0.1, 0.15) is 15.9 Å². The van der Waals surface area contributed by atoms with Crippen LogP contribution < -0.4 is 14.8 Å². The van der Waals surface area contributed by atoms with E-state index in [1.165, 1.54) is 0 Å². The maximum Gasteiger partial charge on any atom is 0.259 e. The molecule has 0 saturated carbocycles. The molecule has 0 unspecified atom stereocenters. The largest absolute Gasteiger partial charge is 0.488 e. The molecule has 4 rings (SSSR count). The quantitative estimate of drug-likeness (QED) is 0.312. The zero-order valence-electron chi connectivity index (χ0n) is 16.6. The van der Waals surface area contributed by atoms with E-state index in [-0.39, 0.29) is 5.91 Å². The summed E-state index contributed by atoms with van der Waals surface area (Å²) in [5.74, 6) is 1.47. The fraction of sp³-hybridized carbons (Fsp3) is 0.0385. The van der Waals surface area contributed by atoms with Gasteiger partial charge in [-0.1, -0.05) is 76.6 Å². The van der Waals surface area contributed by atoms with Crippen LogP contribution in [0.4, 0.5) is 5.69 Å². The number of carbonyl (C=O) groups is 1. The van der Waals surface area contributed by atoms with E-state index < -0.39 is 0 Å². The van der Waals surface area contributed by atoms with Gasteiger partial charge < -0.3 is 14.8 Å². The van der Waals surface area contributed by atoms with Gasteiger partial charge in [0, 0.05) is 4.47 Å². The lowest BCUT2D eigenvalue weighted by molar-refractivity contribution is 0.102. The fourth-order valence-corrected chi connectivity index (χ4v) is 3.37. The Morgan fingerprint density at radius 1 is 0.774 bits per heavy atom. The van der Waals surface area contributed by atoms with Crippen LogP contribution in [0.15, 0.2) is 108 Å². The van der Waals surface area contributed by atoms with Crippen molar-refractivity contribution in [1.29, 1.82) is 0 Å². The van der Waals surface area contributed by atoms with Crippen molar-refractivity contribution < 1.29 is 14.3 Å². The monoisotopic (exact) mass is 473 g/mol. The molecule has 5 heteroatoms. The lowest BCUT2D eigenvalue weighted by atomic mass is 10.1. The minimum absolute atomic E-state index is 0.284. The van der Waals surface area contributed by atoms with E-state index in [1.807, 2.05) is 84.9 Å². The van der Waals surface area contributed by atoms with Gasteiger partial charge in [-0.15, -0.1) is 0 Å². The highest BCUT2D eigenvalue weighted by Gasteiger charge is 2.16. The Bertz CT molecular complexity index is 1160. The molecule has 0 spiro atoms. The predicted octanol–water partition coefficient (Wildman–Crippen LogP) is 7.07. The molecule has 4 aromatic rings. The van der Waals surface area contributed by atoms with E-state index in [0.717, 1.165) is 10.0 Å². The van der Waals surface area contributed by atoms with Gasteiger partial charge in [0.05, 0.1) is 11.3 Å². The highest BCUT2D eigenvalue weighted by Crippen LogP contribution is 2.31. The van der Waals surface area contributed by atoms with Crippen LogP contribution in [0.25, 0.3) is 0 Å². The van der Waals surface area contributed by atoms with Gasteiger partial charge in [0.1, 0.15) is 18.1 Å². The van der Waals surface area contributed by atoms with Crippen molar-refractivity contribution in [2.45, 2.75) is 6.61 Å². The molecule has 154 valence electrons. The first-order chi connectivity index (χ1) is 15.2. The minimum atomic E-state index is -0.284. The number of anilines is 1. The van der Waals surface area contributed by atoms with Crippen molar-refractivity contribution in [1.82, 2.24) is 0 Å². The van der Waals surface area contributed by atoms with Gasteiger partial charge in [-0.05, 0) is 48.0 Å². The Morgan fingerprint density at radius 3 is 2.23 bits per heavy atom. The highest BCUT2D eigenvalue weighted by molar-refractivity contribution is 9.10. The Hall–Kier alpha value is -3.57. The van der Waals surface area contributed by atoms with Crippen molar-refractivity contribution in [3.8, 4) is 17.2 Å².